The van der Waals surface area contributed by atoms with Gasteiger partial charge in [0.25, 0.3) is 5.91 Å². The SMILES string of the molecule is COC(=O)c1cc(Nc2cc(F)ccc2CN2C(=O)N(c3ccc(F)c(C(F)(F)F)c3)C(=O)C2(C)C)ccc1OC. The standard InChI is InChI=1S/C28H24F5N3O5/c1-27(2)25(38)36(18-8-9-21(30)20(13-18)28(31,32)33)26(39)35(27)14-15-5-6-16(29)11-22(15)34-17-7-10-23(40-3)19(12-17)24(37)41-4/h5-13,34H,14H2,1-4H3. The fourth-order valence-electron chi connectivity index (χ4n) is 4.38. The first-order valence-electron chi connectivity index (χ1n) is 12.0. The van der Waals surface area contributed by atoms with E-state index in [1.165, 1.54) is 46.3 Å². The van der Waals surface area contributed by atoms with E-state index in [4.69, 9.17) is 9.47 Å². The minimum Gasteiger partial charge on any atom is -0.496 e. The summed E-state index contributed by atoms with van der Waals surface area (Å²) >= 11 is 0. The minimum absolute atomic E-state index is 0.0903. The van der Waals surface area contributed by atoms with E-state index in [2.05, 4.69) is 5.32 Å². The Morgan fingerprint density at radius 1 is 0.976 bits per heavy atom. The zero-order valence-corrected chi connectivity index (χ0v) is 22.2. The molecule has 1 aliphatic heterocycles. The number of carbonyl (C=O) groups excluding carboxylic acids is 3. The zero-order valence-electron chi connectivity index (χ0n) is 22.2. The van der Waals surface area contributed by atoms with Gasteiger partial charge in [-0.25, -0.2) is 23.3 Å². The third-order valence-corrected chi connectivity index (χ3v) is 6.62. The molecule has 3 aromatic carbocycles. The van der Waals surface area contributed by atoms with E-state index in [1.54, 1.807) is 6.07 Å². The van der Waals surface area contributed by atoms with Crippen molar-refractivity contribution in [2.24, 2.45) is 0 Å². The molecule has 1 N–H and O–H groups in total. The molecule has 13 heteroatoms. The third-order valence-electron chi connectivity index (χ3n) is 6.62. The van der Waals surface area contributed by atoms with Gasteiger partial charge < -0.3 is 19.7 Å². The molecule has 1 saturated heterocycles. The lowest BCUT2D eigenvalue weighted by molar-refractivity contribution is -0.140. The highest BCUT2D eigenvalue weighted by molar-refractivity contribution is 6.23. The molecule has 3 amide bonds. The normalized spacial score (nSPS) is 14.9. The first kappa shape index (κ1) is 29.3. The first-order valence-corrected chi connectivity index (χ1v) is 12.0. The minimum atomic E-state index is -5.05. The molecule has 0 aromatic heterocycles. The molecule has 0 atom stereocenters. The molecule has 0 unspecified atom stereocenters. The number of anilines is 3. The topological polar surface area (TPSA) is 88.2 Å². The van der Waals surface area contributed by atoms with Gasteiger partial charge >= 0.3 is 18.2 Å². The van der Waals surface area contributed by atoms with E-state index in [9.17, 15) is 36.3 Å². The lowest BCUT2D eigenvalue weighted by Crippen LogP contribution is -2.43. The van der Waals surface area contributed by atoms with Crippen LogP contribution < -0.4 is 15.0 Å². The Morgan fingerprint density at radius 2 is 1.68 bits per heavy atom. The zero-order chi connectivity index (χ0) is 30.3. The van der Waals surface area contributed by atoms with Gasteiger partial charge in [-0.1, -0.05) is 6.07 Å². The van der Waals surface area contributed by atoms with E-state index in [0.717, 1.165) is 23.1 Å². The number of benzene rings is 3. The quantitative estimate of drug-likeness (QED) is 0.202. The highest BCUT2D eigenvalue weighted by atomic mass is 19.4. The Kier molecular flexibility index (Phi) is 7.66. The largest absolute Gasteiger partial charge is 0.496 e. The molecule has 0 aliphatic carbocycles. The third kappa shape index (κ3) is 5.52. The molecule has 41 heavy (non-hydrogen) atoms. The van der Waals surface area contributed by atoms with E-state index in [-0.39, 0.29) is 23.5 Å². The monoisotopic (exact) mass is 577 g/mol. The van der Waals surface area contributed by atoms with Gasteiger partial charge in [-0.05, 0) is 67.9 Å². The summed E-state index contributed by atoms with van der Waals surface area (Å²) in [5, 5.41) is 2.98. The highest BCUT2D eigenvalue weighted by Gasteiger charge is 2.52. The summed E-state index contributed by atoms with van der Waals surface area (Å²) in [7, 11) is 2.57. The number of rotatable bonds is 7. The van der Waals surface area contributed by atoms with Gasteiger partial charge in [-0.2, -0.15) is 13.2 Å². The van der Waals surface area contributed by atoms with Gasteiger partial charge in [0.1, 0.15) is 28.5 Å². The van der Waals surface area contributed by atoms with Crippen LogP contribution in [0.4, 0.5) is 43.8 Å². The van der Waals surface area contributed by atoms with Crippen molar-refractivity contribution < 1.29 is 45.8 Å². The molecular weight excluding hydrogens is 553 g/mol. The molecule has 216 valence electrons. The second-order valence-electron chi connectivity index (χ2n) is 9.56. The molecule has 0 radical (unpaired) electrons. The van der Waals surface area contributed by atoms with Crippen molar-refractivity contribution in [3.05, 3.63) is 82.9 Å². The number of amides is 3. The average molecular weight is 578 g/mol. The molecule has 4 rings (SSSR count). The Labute approximate surface area is 231 Å². The number of alkyl halides is 3. The Bertz CT molecular complexity index is 1540. The van der Waals surface area contributed by atoms with Crippen LogP contribution in [0.25, 0.3) is 0 Å². The number of nitrogens with one attached hydrogen (secondary N) is 1. The van der Waals surface area contributed by atoms with E-state index < -0.39 is 52.5 Å². The lowest BCUT2D eigenvalue weighted by Gasteiger charge is -2.28. The number of halogens is 5. The van der Waals surface area contributed by atoms with Gasteiger partial charge in [0.15, 0.2) is 0 Å². The number of hydrogen-bond acceptors (Lipinski definition) is 6. The van der Waals surface area contributed by atoms with Crippen molar-refractivity contribution in [1.29, 1.82) is 0 Å². The van der Waals surface area contributed by atoms with Crippen molar-refractivity contribution >= 4 is 35.0 Å². The van der Waals surface area contributed by atoms with Crippen LogP contribution in [0.3, 0.4) is 0 Å². The number of nitrogens with zero attached hydrogens (tertiary/aromatic N) is 2. The molecule has 0 saturated carbocycles. The lowest BCUT2D eigenvalue weighted by atomic mass is 10.0. The van der Waals surface area contributed by atoms with E-state index >= 15 is 0 Å². The van der Waals surface area contributed by atoms with Crippen molar-refractivity contribution in [3.63, 3.8) is 0 Å². The van der Waals surface area contributed by atoms with E-state index in [0.29, 0.717) is 28.3 Å². The number of esters is 1. The van der Waals surface area contributed by atoms with Crippen molar-refractivity contribution in [2.45, 2.75) is 32.1 Å². The molecule has 1 fully saturated rings. The van der Waals surface area contributed by atoms with Gasteiger partial charge in [-0.15, -0.1) is 0 Å². The summed E-state index contributed by atoms with van der Waals surface area (Å²) in [4.78, 5) is 40.5. The second-order valence-corrected chi connectivity index (χ2v) is 9.56. The van der Waals surface area contributed by atoms with Gasteiger partial charge in [0.05, 0.1) is 32.0 Å². The maximum Gasteiger partial charge on any atom is 0.419 e. The maximum atomic E-state index is 14.3. The number of urea groups is 1. The van der Waals surface area contributed by atoms with Gasteiger partial charge in [-0.3, -0.25) is 4.79 Å². The number of methoxy groups -OCH3 is 2. The molecule has 3 aromatic rings. The van der Waals surface area contributed by atoms with E-state index in [1.807, 2.05) is 0 Å². The van der Waals surface area contributed by atoms with Crippen molar-refractivity contribution in [2.75, 3.05) is 24.4 Å². The number of imide groups is 1. The Balaban J connectivity index is 1.69. The summed E-state index contributed by atoms with van der Waals surface area (Å²) in [5.41, 5.74) is -2.65. The fraction of sp³-hybridized carbons (Fsp3) is 0.250. The summed E-state index contributed by atoms with van der Waals surface area (Å²) in [6.07, 6.45) is -5.05. The average Bonchev–Trinajstić information content (AvgIpc) is 3.08. The van der Waals surface area contributed by atoms with Gasteiger partial charge in [0, 0.05) is 11.4 Å². The second kappa shape index (κ2) is 10.7. The summed E-state index contributed by atoms with van der Waals surface area (Å²) in [6, 6.07) is 9.02. The van der Waals surface area contributed by atoms with Crippen LogP contribution in [0.1, 0.15) is 35.3 Å². The van der Waals surface area contributed by atoms with Crippen LogP contribution in [0.15, 0.2) is 54.6 Å². The number of ether oxygens (including phenoxy) is 2. The molecule has 1 aliphatic rings. The summed E-state index contributed by atoms with van der Waals surface area (Å²) < 4.78 is 78.0. The maximum absolute atomic E-state index is 14.3. The predicted molar refractivity (Wildman–Crippen MR) is 138 cm³/mol. The number of hydrogen-bond donors (Lipinski definition) is 1. The molecule has 0 spiro atoms. The molecule has 1 heterocycles. The Hall–Kier alpha value is -4.68. The molecule has 8 nitrogen and oxygen atoms in total. The summed E-state index contributed by atoms with van der Waals surface area (Å²) in [5.74, 6) is -3.46. The van der Waals surface area contributed by atoms with Crippen LogP contribution in [0, 0.1) is 11.6 Å². The van der Waals surface area contributed by atoms with Gasteiger partial charge in [0.2, 0.25) is 0 Å². The van der Waals surface area contributed by atoms with Crippen molar-refractivity contribution in [3.8, 4) is 5.75 Å². The fourth-order valence-corrected chi connectivity index (χ4v) is 4.38. The Morgan fingerprint density at radius 3 is 2.32 bits per heavy atom. The highest BCUT2D eigenvalue weighted by Crippen LogP contribution is 2.38. The first-order chi connectivity index (χ1) is 19.2. The molecule has 0 bridgehead atoms. The van der Waals surface area contributed by atoms with Crippen LogP contribution in [0.2, 0.25) is 0 Å². The van der Waals surface area contributed by atoms with Crippen molar-refractivity contribution in [1.82, 2.24) is 4.90 Å². The van der Waals surface area contributed by atoms with Crippen LogP contribution in [0.5, 0.6) is 5.75 Å². The summed E-state index contributed by atoms with van der Waals surface area (Å²) in [6.45, 7) is 2.55. The smallest absolute Gasteiger partial charge is 0.419 e. The molecular formula is C28H24F5N3O5. The predicted octanol–water partition coefficient (Wildman–Crippen LogP) is 6.27. The van der Waals surface area contributed by atoms with Crippen LogP contribution >= 0.6 is 0 Å². The number of carbonyl (C=O) groups is 3. The van der Waals surface area contributed by atoms with Crippen LogP contribution in [-0.2, 0) is 22.3 Å². The van der Waals surface area contributed by atoms with Crippen LogP contribution in [-0.4, -0.2) is 42.6 Å².